The molecule has 1 aliphatic rings. The van der Waals surface area contributed by atoms with Crippen LogP contribution in [0.4, 0.5) is 0 Å². The van der Waals surface area contributed by atoms with E-state index in [2.05, 4.69) is 37.7 Å². The van der Waals surface area contributed by atoms with Gasteiger partial charge >= 0.3 is 0 Å². The minimum Gasteiger partial charge on any atom is -0.315 e. The zero-order valence-corrected chi connectivity index (χ0v) is 13.9. The van der Waals surface area contributed by atoms with Crippen molar-refractivity contribution >= 4 is 11.3 Å². The van der Waals surface area contributed by atoms with Gasteiger partial charge in [0.15, 0.2) is 0 Å². The van der Waals surface area contributed by atoms with Crippen LogP contribution in [-0.2, 0) is 6.42 Å². The van der Waals surface area contributed by atoms with Crippen LogP contribution in [0.3, 0.4) is 0 Å². The van der Waals surface area contributed by atoms with Gasteiger partial charge in [0.05, 0.1) is 0 Å². The maximum absolute atomic E-state index is 3.57. The zero-order chi connectivity index (χ0) is 14.6. The Kier molecular flexibility index (Phi) is 8.98. The van der Waals surface area contributed by atoms with Gasteiger partial charge in [0.2, 0.25) is 0 Å². The first-order chi connectivity index (χ1) is 10.4. The maximum Gasteiger partial charge on any atom is 0.0107 e. The molecule has 0 saturated carbocycles. The summed E-state index contributed by atoms with van der Waals surface area (Å²) in [5.41, 5.74) is 1.48. The molecule has 1 fully saturated rings. The molecule has 0 amide bonds. The summed E-state index contributed by atoms with van der Waals surface area (Å²) in [7, 11) is 0. The summed E-state index contributed by atoms with van der Waals surface area (Å²) in [6.07, 6.45) is 3.64. The monoisotopic (exact) mass is 310 g/mol. The molecule has 2 rings (SSSR count). The molecular formula is C16H30N4S. The van der Waals surface area contributed by atoms with Crippen molar-refractivity contribution in [3.63, 3.8) is 0 Å². The number of thiophene rings is 1. The Labute approximate surface area is 133 Å². The van der Waals surface area contributed by atoms with Crippen molar-refractivity contribution in [2.45, 2.75) is 19.3 Å². The Hall–Kier alpha value is -0.460. The van der Waals surface area contributed by atoms with Crippen molar-refractivity contribution in [1.82, 2.24) is 20.9 Å². The third-order valence-corrected chi connectivity index (χ3v) is 4.65. The molecule has 1 aromatic heterocycles. The molecule has 2 heterocycles. The molecule has 1 aromatic rings. The van der Waals surface area contributed by atoms with E-state index in [1.807, 2.05) is 0 Å². The number of hydrogen-bond donors (Lipinski definition) is 3. The van der Waals surface area contributed by atoms with E-state index in [1.54, 1.807) is 11.3 Å². The lowest BCUT2D eigenvalue weighted by molar-refractivity contribution is 0.271. The lowest BCUT2D eigenvalue weighted by atomic mass is 10.2. The molecule has 0 radical (unpaired) electrons. The fraction of sp³-hybridized carbons (Fsp3) is 0.750. The predicted octanol–water partition coefficient (Wildman–Crippen LogP) is 1.16. The van der Waals surface area contributed by atoms with Crippen molar-refractivity contribution in [2.24, 2.45) is 0 Å². The predicted molar refractivity (Wildman–Crippen MR) is 92.3 cm³/mol. The lowest BCUT2D eigenvalue weighted by Gasteiger charge is -2.23. The summed E-state index contributed by atoms with van der Waals surface area (Å²) in [4.78, 5) is 2.61. The van der Waals surface area contributed by atoms with Crippen molar-refractivity contribution in [3.8, 4) is 0 Å². The number of rotatable bonds is 3. The Balaban J connectivity index is 1.70. The highest BCUT2D eigenvalue weighted by molar-refractivity contribution is 7.07. The molecule has 0 aromatic carbocycles. The van der Waals surface area contributed by atoms with Gasteiger partial charge in [-0.05, 0) is 67.8 Å². The van der Waals surface area contributed by atoms with Crippen molar-refractivity contribution in [2.75, 3.05) is 58.9 Å². The molecule has 0 aliphatic carbocycles. The lowest BCUT2D eigenvalue weighted by Crippen LogP contribution is -2.37. The molecule has 3 N–H and O–H groups in total. The number of nitrogens with one attached hydrogen (secondary N) is 3. The van der Waals surface area contributed by atoms with Gasteiger partial charge < -0.3 is 20.9 Å². The second-order valence-electron chi connectivity index (χ2n) is 5.68. The van der Waals surface area contributed by atoms with Gasteiger partial charge in [0, 0.05) is 32.7 Å². The molecular weight excluding hydrogens is 280 g/mol. The molecule has 21 heavy (non-hydrogen) atoms. The fourth-order valence-corrected chi connectivity index (χ4v) is 3.32. The summed E-state index contributed by atoms with van der Waals surface area (Å²) in [5.74, 6) is 0. The minimum atomic E-state index is 1.09. The molecule has 0 unspecified atom stereocenters. The molecule has 1 aliphatic heterocycles. The first-order valence-electron chi connectivity index (χ1n) is 8.31. The highest BCUT2D eigenvalue weighted by Crippen LogP contribution is 2.07. The zero-order valence-electron chi connectivity index (χ0n) is 13.1. The van der Waals surface area contributed by atoms with Gasteiger partial charge in [0.1, 0.15) is 0 Å². The number of nitrogens with zero attached hydrogens (tertiary/aromatic N) is 1. The highest BCUT2D eigenvalue weighted by Gasteiger charge is 2.05. The standard InChI is InChI=1S/C16H30N4S/c1-5-17-8-9-18-7-2-11-20(13-10-19-6-1)12-3-16-4-14-21-15-16/h4,14-15,17-19H,1-3,5-13H2. The molecule has 4 nitrogen and oxygen atoms in total. The van der Waals surface area contributed by atoms with Crippen LogP contribution in [-0.4, -0.2) is 63.8 Å². The Morgan fingerprint density at radius 1 is 0.905 bits per heavy atom. The van der Waals surface area contributed by atoms with Crippen LogP contribution in [0.15, 0.2) is 16.8 Å². The Morgan fingerprint density at radius 3 is 2.43 bits per heavy atom. The van der Waals surface area contributed by atoms with Gasteiger partial charge in [-0.1, -0.05) is 0 Å². The van der Waals surface area contributed by atoms with Gasteiger partial charge in [0.25, 0.3) is 0 Å². The summed E-state index contributed by atoms with van der Waals surface area (Å²) < 4.78 is 0. The summed E-state index contributed by atoms with van der Waals surface area (Å²) >= 11 is 1.80. The first kappa shape index (κ1) is 16.9. The van der Waals surface area contributed by atoms with Gasteiger partial charge in [-0.15, -0.1) is 0 Å². The molecule has 0 bridgehead atoms. The second kappa shape index (κ2) is 11.2. The van der Waals surface area contributed by atoms with Crippen LogP contribution in [0, 0.1) is 0 Å². The first-order valence-corrected chi connectivity index (χ1v) is 9.25. The molecule has 1 saturated heterocycles. The van der Waals surface area contributed by atoms with Gasteiger partial charge in [-0.2, -0.15) is 11.3 Å². The third-order valence-electron chi connectivity index (χ3n) is 3.92. The van der Waals surface area contributed by atoms with Crippen LogP contribution in [0.1, 0.15) is 18.4 Å². The van der Waals surface area contributed by atoms with E-state index in [4.69, 9.17) is 0 Å². The third kappa shape index (κ3) is 7.93. The SMILES string of the molecule is c1cc(CCN2CCCNCCNCCCNCC2)cs1. The van der Waals surface area contributed by atoms with E-state index in [1.165, 1.54) is 37.9 Å². The summed E-state index contributed by atoms with van der Waals surface area (Å²) in [6.45, 7) is 10.2. The topological polar surface area (TPSA) is 39.3 Å². The largest absolute Gasteiger partial charge is 0.315 e. The average Bonchev–Trinajstić information content (AvgIpc) is 3.01. The van der Waals surface area contributed by atoms with Crippen LogP contribution < -0.4 is 16.0 Å². The van der Waals surface area contributed by atoms with E-state index in [0.29, 0.717) is 0 Å². The second-order valence-corrected chi connectivity index (χ2v) is 6.46. The van der Waals surface area contributed by atoms with Crippen LogP contribution in [0.2, 0.25) is 0 Å². The Morgan fingerprint density at radius 2 is 1.67 bits per heavy atom. The Bertz CT molecular complexity index is 328. The van der Waals surface area contributed by atoms with Gasteiger partial charge in [-0.25, -0.2) is 0 Å². The molecule has 0 spiro atoms. The normalized spacial score (nSPS) is 21.0. The van der Waals surface area contributed by atoms with Gasteiger partial charge in [-0.3, -0.25) is 0 Å². The average molecular weight is 311 g/mol. The van der Waals surface area contributed by atoms with Crippen LogP contribution >= 0.6 is 11.3 Å². The van der Waals surface area contributed by atoms with E-state index in [-0.39, 0.29) is 0 Å². The molecule has 5 heteroatoms. The molecule has 0 atom stereocenters. The van der Waals surface area contributed by atoms with Crippen LogP contribution in [0.5, 0.6) is 0 Å². The highest BCUT2D eigenvalue weighted by atomic mass is 32.1. The van der Waals surface area contributed by atoms with Crippen molar-refractivity contribution < 1.29 is 0 Å². The number of hydrogen-bond acceptors (Lipinski definition) is 5. The maximum atomic E-state index is 3.57. The summed E-state index contributed by atoms with van der Waals surface area (Å²) in [5, 5.41) is 15.0. The summed E-state index contributed by atoms with van der Waals surface area (Å²) in [6, 6.07) is 2.25. The van der Waals surface area contributed by atoms with E-state index in [0.717, 1.165) is 45.8 Å². The van der Waals surface area contributed by atoms with E-state index in [9.17, 15) is 0 Å². The van der Waals surface area contributed by atoms with Crippen molar-refractivity contribution in [1.29, 1.82) is 0 Å². The minimum absolute atomic E-state index is 1.09. The molecule has 120 valence electrons. The smallest absolute Gasteiger partial charge is 0.0107 e. The van der Waals surface area contributed by atoms with Crippen LogP contribution in [0.25, 0.3) is 0 Å². The quantitative estimate of drug-likeness (QED) is 0.783. The fourth-order valence-electron chi connectivity index (χ4n) is 2.61. The van der Waals surface area contributed by atoms with E-state index >= 15 is 0 Å². The van der Waals surface area contributed by atoms with Crippen molar-refractivity contribution in [3.05, 3.63) is 22.4 Å². The van der Waals surface area contributed by atoms with E-state index < -0.39 is 0 Å².